The van der Waals surface area contributed by atoms with Crippen LogP contribution < -0.4 is 0 Å². The first kappa shape index (κ1) is 26.2. The van der Waals surface area contributed by atoms with Crippen LogP contribution in [0.3, 0.4) is 0 Å². The van der Waals surface area contributed by atoms with E-state index in [1.165, 1.54) is 34.3 Å². The van der Waals surface area contributed by atoms with Crippen molar-refractivity contribution in [3.63, 3.8) is 0 Å². The monoisotopic (exact) mass is 608 g/mol. The molecule has 0 saturated heterocycles. The molecule has 0 unspecified atom stereocenters. The van der Waals surface area contributed by atoms with Crippen LogP contribution in [0.2, 0.25) is 0 Å². The maximum atomic E-state index is 14.8. The molecule has 0 radical (unpaired) electrons. The van der Waals surface area contributed by atoms with Crippen molar-refractivity contribution in [2.75, 3.05) is 6.54 Å². The first-order chi connectivity index (χ1) is 19.1. The van der Waals surface area contributed by atoms with Gasteiger partial charge in [0.2, 0.25) is 0 Å². The first-order valence-electron chi connectivity index (χ1n) is 12.5. The number of carbonyl (C=O) groups is 1. The molecule has 1 atom stereocenters. The highest BCUT2D eigenvalue weighted by molar-refractivity contribution is 9.10. The third-order valence-corrected chi connectivity index (χ3v) is 7.71. The van der Waals surface area contributed by atoms with Gasteiger partial charge in [0.1, 0.15) is 11.5 Å². The predicted octanol–water partition coefficient (Wildman–Crippen LogP) is 7.74. The molecule has 0 aliphatic carbocycles. The average Bonchev–Trinajstić information content (AvgIpc) is 3.36. The minimum Gasteiger partial charge on any atom is -0.330 e. The van der Waals surface area contributed by atoms with Gasteiger partial charge in [0.05, 0.1) is 23.0 Å². The summed E-state index contributed by atoms with van der Waals surface area (Å²) in [6.45, 7) is 2.45. The SMILES string of the molecule is C[C@@H]1c2ccccc2CCN1C(=O)c1cc(-c2ccc(C(F)(F)F)cc2)n2nc(-c3ccc(Br)cc3F)cc2n1. The number of benzene rings is 3. The molecule has 1 aliphatic heterocycles. The van der Waals surface area contributed by atoms with Crippen LogP contribution >= 0.6 is 15.9 Å². The van der Waals surface area contributed by atoms with E-state index in [1.807, 2.05) is 25.1 Å². The Morgan fingerprint density at radius 3 is 2.48 bits per heavy atom. The van der Waals surface area contributed by atoms with Crippen LogP contribution in [-0.2, 0) is 12.6 Å². The molecule has 3 aromatic carbocycles. The molecule has 1 aliphatic rings. The van der Waals surface area contributed by atoms with E-state index in [2.05, 4.69) is 32.1 Å². The molecule has 0 spiro atoms. The van der Waals surface area contributed by atoms with Gasteiger partial charge in [-0.05, 0) is 60.9 Å². The van der Waals surface area contributed by atoms with Gasteiger partial charge in [-0.1, -0.05) is 52.3 Å². The maximum Gasteiger partial charge on any atom is 0.416 e. The number of aromatic nitrogens is 3. The lowest BCUT2D eigenvalue weighted by atomic mass is 9.93. The topological polar surface area (TPSA) is 50.5 Å². The van der Waals surface area contributed by atoms with Crippen molar-refractivity contribution in [2.24, 2.45) is 0 Å². The zero-order chi connectivity index (χ0) is 28.2. The van der Waals surface area contributed by atoms with Crippen LogP contribution in [0, 0.1) is 5.82 Å². The van der Waals surface area contributed by atoms with Gasteiger partial charge in [-0.2, -0.15) is 18.3 Å². The number of hydrogen-bond acceptors (Lipinski definition) is 3. The molecule has 0 N–H and O–H groups in total. The van der Waals surface area contributed by atoms with Gasteiger partial charge in [0.25, 0.3) is 5.91 Å². The van der Waals surface area contributed by atoms with Gasteiger partial charge >= 0.3 is 6.18 Å². The highest BCUT2D eigenvalue weighted by Gasteiger charge is 2.31. The molecule has 2 aromatic heterocycles. The number of carbonyl (C=O) groups excluding carboxylic acids is 1. The lowest BCUT2D eigenvalue weighted by Crippen LogP contribution is -2.39. The van der Waals surface area contributed by atoms with E-state index in [0.29, 0.717) is 28.7 Å². The molecule has 5 nitrogen and oxygen atoms in total. The van der Waals surface area contributed by atoms with Crippen molar-refractivity contribution in [2.45, 2.75) is 25.6 Å². The fourth-order valence-corrected chi connectivity index (χ4v) is 5.48. The number of fused-ring (bicyclic) bond motifs is 2. The van der Waals surface area contributed by atoms with Crippen LogP contribution in [0.25, 0.3) is 28.2 Å². The molecule has 0 bridgehead atoms. The minimum absolute atomic E-state index is 0.122. The molecule has 5 aromatic rings. The van der Waals surface area contributed by atoms with Gasteiger partial charge < -0.3 is 4.90 Å². The Hall–Kier alpha value is -4.05. The molecule has 40 heavy (non-hydrogen) atoms. The van der Waals surface area contributed by atoms with Crippen molar-refractivity contribution in [1.82, 2.24) is 19.5 Å². The smallest absolute Gasteiger partial charge is 0.330 e. The zero-order valence-corrected chi connectivity index (χ0v) is 22.7. The van der Waals surface area contributed by atoms with Crippen LogP contribution in [-0.4, -0.2) is 31.9 Å². The lowest BCUT2D eigenvalue weighted by molar-refractivity contribution is -0.137. The van der Waals surface area contributed by atoms with E-state index in [9.17, 15) is 22.4 Å². The van der Waals surface area contributed by atoms with Crippen molar-refractivity contribution in [3.8, 4) is 22.5 Å². The number of nitrogens with zero attached hydrogens (tertiary/aromatic N) is 4. The second-order valence-electron chi connectivity index (χ2n) is 9.65. The van der Waals surface area contributed by atoms with Crippen molar-refractivity contribution >= 4 is 27.5 Å². The normalized spacial score (nSPS) is 15.3. The molecular formula is C30H21BrF4N4O. The number of hydrogen-bond donors (Lipinski definition) is 0. The lowest BCUT2D eigenvalue weighted by Gasteiger charge is -2.35. The quantitative estimate of drug-likeness (QED) is 0.197. The van der Waals surface area contributed by atoms with Crippen LogP contribution in [0.15, 0.2) is 83.3 Å². The fourth-order valence-electron chi connectivity index (χ4n) is 5.14. The fraction of sp³-hybridized carbons (Fsp3) is 0.167. The Balaban J connectivity index is 1.48. The summed E-state index contributed by atoms with van der Waals surface area (Å²) >= 11 is 3.24. The average molecular weight is 609 g/mol. The second-order valence-corrected chi connectivity index (χ2v) is 10.6. The van der Waals surface area contributed by atoms with Crippen molar-refractivity contribution in [3.05, 3.63) is 112 Å². The van der Waals surface area contributed by atoms with E-state index in [-0.39, 0.29) is 34.5 Å². The molecular weight excluding hydrogens is 588 g/mol. The molecule has 0 fully saturated rings. The largest absolute Gasteiger partial charge is 0.416 e. The zero-order valence-electron chi connectivity index (χ0n) is 21.1. The number of halogens is 5. The maximum absolute atomic E-state index is 14.8. The number of rotatable bonds is 3. The van der Waals surface area contributed by atoms with E-state index >= 15 is 0 Å². The third-order valence-electron chi connectivity index (χ3n) is 7.22. The number of alkyl halides is 3. The Labute approximate surface area is 235 Å². The van der Waals surface area contributed by atoms with E-state index < -0.39 is 17.6 Å². The molecule has 0 saturated carbocycles. The van der Waals surface area contributed by atoms with Crippen LogP contribution in [0.1, 0.15) is 40.1 Å². The Bertz CT molecular complexity index is 1760. The molecule has 6 rings (SSSR count). The van der Waals surface area contributed by atoms with Crippen LogP contribution in [0.4, 0.5) is 17.6 Å². The number of amides is 1. The summed E-state index contributed by atoms with van der Waals surface area (Å²) < 4.78 is 56.5. The first-order valence-corrected chi connectivity index (χ1v) is 13.3. The molecule has 1 amide bonds. The summed E-state index contributed by atoms with van der Waals surface area (Å²) in [4.78, 5) is 20.1. The highest BCUT2D eigenvalue weighted by atomic mass is 79.9. The van der Waals surface area contributed by atoms with Gasteiger partial charge in [0.15, 0.2) is 5.65 Å². The standard InChI is InChI=1S/C30H21BrF4N4O/c1-17-22-5-3-2-4-18(22)12-13-38(17)29(40)26-15-27(19-6-8-20(9-7-19)30(33,34)35)39-28(36-26)16-25(37-39)23-11-10-21(31)14-24(23)32/h2-11,14-17H,12-13H2,1H3/t17-/m1/s1. The van der Waals surface area contributed by atoms with E-state index in [0.717, 1.165) is 17.7 Å². The summed E-state index contributed by atoms with van der Waals surface area (Å²) in [7, 11) is 0. The third kappa shape index (κ3) is 4.66. The van der Waals surface area contributed by atoms with Gasteiger partial charge in [-0.3, -0.25) is 4.79 Å². The van der Waals surface area contributed by atoms with Crippen LogP contribution in [0.5, 0.6) is 0 Å². The summed E-state index contributed by atoms with van der Waals surface area (Å²) in [6, 6.07) is 20.0. The van der Waals surface area contributed by atoms with E-state index in [4.69, 9.17) is 0 Å². The van der Waals surface area contributed by atoms with Gasteiger partial charge in [0, 0.05) is 28.2 Å². The molecule has 3 heterocycles. The summed E-state index contributed by atoms with van der Waals surface area (Å²) in [6.07, 6.45) is -3.80. The Morgan fingerprint density at radius 1 is 1.00 bits per heavy atom. The molecule has 202 valence electrons. The van der Waals surface area contributed by atoms with Crippen molar-refractivity contribution < 1.29 is 22.4 Å². The van der Waals surface area contributed by atoms with Crippen molar-refractivity contribution in [1.29, 1.82) is 0 Å². The van der Waals surface area contributed by atoms with E-state index in [1.54, 1.807) is 23.1 Å². The summed E-state index contributed by atoms with van der Waals surface area (Å²) in [5.41, 5.74) is 3.09. The predicted molar refractivity (Wildman–Crippen MR) is 146 cm³/mol. The second kappa shape index (κ2) is 9.85. The molecule has 10 heteroatoms. The van der Waals surface area contributed by atoms with Gasteiger partial charge in [-0.15, -0.1) is 0 Å². The Kier molecular flexibility index (Phi) is 6.45. The van der Waals surface area contributed by atoms with Gasteiger partial charge in [-0.25, -0.2) is 13.9 Å². The Morgan fingerprint density at radius 2 is 1.75 bits per heavy atom. The summed E-state index contributed by atoms with van der Waals surface area (Å²) in [5.74, 6) is -0.818. The minimum atomic E-state index is -4.49. The summed E-state index contributed by atoms with van der Waals surface area (Å²) in [5, 5.41) is 4.53. The highest BCUT2D eigenvalue weighted by Crippen LogP contribution is 2.34.